The summed E-state index contributed by atoms with van der Waals surface area (Å²) in [5.41, 5.74) is 17.1. The summed E-state index contributed by atoms with van der Waals surface area (Å²) >= 11 is 0. The predicted molar refractivity (Wildman–Crippen MR) is 199 cm³/mol. The van der Waals surface area contributed by atoms with Crippen molar-refractivity contribution < 1.29 is 0 Å². The van der Waals surface area contributed by atoms with Gasteiger partial charge in [0.15, 0.2) is 0 Å². The standard InChI is InChI=1S/C45H38N2/c1-29-20-23-38-40(25-29)45(4,5)41-28-43(36-17-8-9-18-37(36)44(38)41)47(33-15-12-14-32(26-33)42-19-10-11-24-46-42)34-22-21-31(3)39(27-34)35-16-7-6-13-30(35)2/h6-28H,1-5H3. The SMILES string of the molecule is Cc1ccc2c(c1)C(C)(C)c1cc(N(c3cccc(-c4ccccn4)c3)c3ccc(C)c(-c4ccccc4C)c3)c3ccccc3c1-2. The van der Waals surface area contributed by atoms with Gasteiger partial charge in [-0.3, -0.25) is 4.98 Å². The molecule has 228 valence electrons. The van der Waals surface area contributed by atoms with Gasteiger partial charge in [0.1, 0.15) is 0 Å². The Hall–Kier alpha value is -5.47. The van der Waals surface area contributed by atoms with Gasteiger partial charge in [-0.1, -0.05) is 110 Å². The van der Waals surface area contributed by atoms with Gasteiger partial charge in [0.2, 0.25) is 0 Å². The molecule has 0 spiro atoms. The number of hydrogen-bond donors (Lipinski definition) is 0. The van der Waals surface area contributed by atoms with E-state index in [1.54, 1.807) is 0 Å². The van der Waals surface area contributed by atoms with Crippen LogP contribution >= 0.6 is 0 Å². The van der Waals surface area contributed by atoms with Gasteiger partial charge in [-0.15, -0.1) is 0 Å². The van der Waals surface area contributed by atoms with Crippen LogP contribution < -0.4 is 4.90 Å². The van der Waals surface area contributed by atoms with E-state index < -0.39 is 0 Å². The Bertz CT molecular complexity index is 2310. The molecule has 7 aromatic rings. The van der Waals surface area contributed by atoms with E-state index in [9.17, 15) is 0 Å². The monoisotopic (exact) mass is 606 g/mol. The molecule has 0 atom stereocenters. The topological polar surface area (TPSA) is 16.1 Å². The molecule has 0 saturated carbocycles. The molecule has 8 rings (SSSR count). The van der Waals surface area contributed by atoms with E-state index in [0.717, 1.165) is 22.6 Å². The summed E-state index contributed by atoms with van der Waals surface area (Å²) in [5.74, 6) is 0. The van der Waals surface area contributed by atoms with Gasteiger partial charge in [-0.25, -0.2) is 0 Å². The molecule has 0 bridgehead atoms. The van der Waals surface area contributed by atoms with Crippen molar-refractivity contribution in [2.45, 2.75) is 40.0 Å². The van der Waals surface area contributed by atoms with E-state index in [-0.39, 0.29) is 5.41 Å². The Kier molecular flexibility index (Phi) is 6.84. The molecule has 1 aromatic heterocycles. The van der Waals surface area contributed by atoms with Crippen LogP contribution in [-0.2, 0) is 5.41 Å². The molecule has 2 nitrogen and oxygen atoms in total. The number of nitrogens with zero attached hydrogens (tertiary/aromatic N) is 2. The van der Waals surface area contributed by atoms with Crippen molar-refractivity contribution in [3.63, 3.8) is 0 Å². The maximum atomic E-state index is 4.70. The number of rotatable bonds is 5. The maximum Gasteiger partial charge on any atom is 0.0702 e. The van der Waals surface area contributed by atoms with Crippen molar-refractivity contribution in [3.8, 4) is 33.5 Å². The second-order valence-corrected chi connectivity index (χ2v) is 13.5. The average Bonchev–Trinajstić information content (AvgIpc) is 3.32. The molecule has 0 amide bonds. The third-order valence-corrected chi connectivity index (χ3v) is 10.0. The first-order chi connectivity index (χ1) is 22.8. The highest BCUT2D eigenvalue weighted by Gasteiger charge is 2.38. The minimum atomic E-state index is -0.142. The van der Waals surface area contributed by atoms with Crippen molar-refractivity contribution in [2.75, 3.05) is 4.90 Å². The van der Waals surface area contributed by atoms with Gasteiger partial charge in [0.25, 0.3) is 0 Å². The summed E-state index contributed by atoms with van der Waals surface area (Å²) in [4.78, 5) is 7.16. The summed E-state index contributed by atoms with van der Waals surface area (Å²) < 4.78 is 0. The lowest BCUT2D eigenvalue weighted by Crippen LogP contribution is -2.17. The summed E-state index contributed by atoms with van der Waals surface area (Å²) in [6, 6.07) is 48.9. The molecule has 1 aliphatic carbocycles. The number of aromatic nitrogens is 1. The molecule has 6 aromatic carbocycles. The maximum absolute atomic E-state index is 4.70. The van der Waals surface area contributed by atoms with E-state index in [2.05, 4.69) is 167 Å². The first-order valence-electron chi connectivity index (χ1n) is 16.5. The van der Waals surface area contributed by atoms with E-state index in [1.807, 2.05) is 12.3 Å². The number of benzene rings is 6. The van der Waals surface area contributed by atoms with E-state index in [0.29, 0.717) is 0 Å². The minimum absolute atomic E-state index is 0.142. The van der Waals surface area contributed by atoms with Gasteiger partial charge in [0.05, 0.1) is 11.4 Å². The number of aryl methyl sites for hydroxylation is 3. The molecular weight excluding hydrogens is 569 g/mol. The molecule has 1 heterocycles. The van der Waals surface area contributed by atoms with Crippen LogP contribution in [0, 0.1) is 20.8 Å². The highest BCUT2D eigenvalue weighted by molar-refractivity contribution is 6.10. The van der Waals surface area contributed by atoms with Crippen LogP contribution in [0.2, 0.25) is 0 Å². The Morgan fingerprint density at radius 3 is 2.09 bits per heavy atom. The third-order valence-electron chi connectivity index (χ3n) is 10.0. The van der Waals surface area contributed by atoms with Crippen LogP contribution in [0.5, 0.6) is 0 Å². The van der Waals surface area contributed by atoms with Crippen LogP contribution in [0.4, 0.5) is 17.1 Å². The fourth-order valence-corrected chi connectivity index (χ4v) is 7.54. The zero-order valence-corrected chi connectivity index (χ0v) is 27.7. The fraction of sp³-hybridized carbons (Fsp3) is 0.133. The normalized spacial score (nSPS) is 13.0. The lowest BCUT2D eigenvalue weighted by atomic mass is 9.81. The minimum Gasteiger partial charge on any atom is -0.310 e. The van der Waals surface area contributed by atoms with E-state index in [4.69, 9.17) is 4.98 Å². The molecule has 0 aliphatic heterocycles. The van der Waals surface area contributed by atoms with Crippen molar-refractivity contribution in [1.29, 1.82) is 0 Å². The Morgan fingerprint density at radius 2 is 1.28 bits per heavy atom. The van der Waals surface area contributed by atoms with Crippen molar-refractivity contribution in [2.24, 2.45) is 0 Å². The second-order valence-electron chi connectivity index (χ2n) is 13.5. The quantitative estimate of drug-likeness (QED) is 0.194. The molecule has 0 radical (unpaired) electrons. The first-order valence-corrected chi connectivity index (χ1v) is 16.5. The number of hydrogen-bond acceptors (Lipinski definition) is 2. The fourth-order valence-electron chi connectivity index (χ4n) is 7.54. The van der Waals surface area contributed by atoms with Gasteiger partial charge in [-0.2, -0.15) is 0 Å². The largest absolute Gasteiger partial charge is 0.310 e. The molecule has 0 fully saturated rings. The molecule has 0 saturated heterocycles. The van der Waals surface area contributed by atoms with Gasteiger partial charge in [0, 0.05) is 33.9 Å². The average molecular weight is 607 g/mol. The predicted octanol–water partition coefficient (Wildman–Crippen LogP) is 12.3. The summed E-state index contributed by atoms with van der Waals surface area (Å²) in [5, 5.41) is 2.52. The summed E-state index contributed by atoms with van der Waals surface area (Å²) in [7, 11) is 0. The van der Waals surface area contributed by atoms with Crippen molar-refractivity contribution in [3.05, 3.63) is 167 Å². The van der Waals surface area contributed by atoms with Gasteiger partial charge < -0.3 is 4.90 Å². The lowest BCUT2D eigenvalue weighted by Gasteiger charge is -2.30. The molecule has 0 N–H and O–H groups in total. The van der Waals surface area contributed by atoms with Crippen molar-refractivity contribution >= 4 is 27.8 Å². The van der Waals surface area contributed by atoms with Crippen LogP contribution in [0.3, 0.4) is 0 Å². The Morgan fingerprint density at radius 1 is 0.532 bits per heavy atom. The highest BCUT2D eigenvalue weighted by atomic mass is 15.1. The van der Waals surface area contributed by atoms with Crippen LogP contribution in [0.1, 0.15) is 41.7 Å². The van der Waals surface area contributed by atoms with Crippen LogP contribution in [-0.4, -0.2) is 4.98 Å². The summed E-state index contributed by atoms with van der Waals surface area (Å²) in [6.07, 6.45) is 1.86. The lowest BCUT2D eigenvalue weighted by molar-refractivity contribution is 0.660. The van der Waals surface area contributed by atoms with Gasteiger partial charge in [-0.05, 0) is 113 Å². The first kappa shape index (κ1) is 29.0. The summed E-state index contributed by atoms with van der Waals surface area (Å²) in [6.45, 7) is 11.4. The molecular formula is C45H38N2. The zero-order chi connectivity index (χ0) is 32.3. The Labute approximate surface area is 278 Å². The van der Waals surface area contributed by atoms with E-state index >= 15 is 0 Å². The molecule has 1 aliphatic rings. The smallest absolute Gasteiger partial charge is 0.0702 e. The number of pyridine rings is 1. The molecule has 0 unspecified atom stereocenters. The third kappa shape index (κ3) is 4.75. The van der Waals surface area contributed by atoms with Crippen LogP contribution in [0.25, 0.3) is 44.3 Å². The number of anilines is 3. The molecule has 2 heteroatoms. The van der Waals surface area contributed by atoms with Crippen molar-refractivity contribution in [1.82, 2.24) is 4.98 Å². The van der Waals surface area contributed by atoms with Crippen LogP contribution in [0.15, 0.2) is 140 Å². The zero-order valence-electron chi connectivity index (χ0n) is 27.7. The Balaban J connectivity index is 1.43. The molecule has 47 heavy (non-hydrogen) atoms. The second kappa shape index (κ2) is 11.1. The van der Waals surface area contributed by atoms with E-state index in [1.165, 1.54) is 66.5 Å². The van der Waals surface area contributed by atoms with Gasteiger partial charge >= 0.3 is 0 Å². The number of fused-ring (bicyclic) bond motifs is 5. The highest BCUT2D eigenvalue weighted by Crippen LogP contribution is 2.55.